The minimum Gasteiger partial charge on any atom is -0.301 e. The third-order valence-corrected chi connectivity index (χ3v) is 3.25. The number of hydrogen-bond acceptors (Lipinski definition) is 3. The van der Waals surface area contributed by atoms with Gasteiger partial charge in [-0.3, -0.25) is 10.2 Å². The summed E-state index contributed by atoms with van der Waals surface area (Å²) in [5.41, 5.74) is 2.15. The van der Waals surface area contributed by atoms with Crippen LogP contribution in [0, 0.1) is 5.92 Å². The zero-order chi connectivity index (χ0) is 12.0. The van der Waals surface area contributed by atoms with Gasteiger partial charge in [-0.05, 0) is 33.2 Å². The smallest absolute Gasteiger partial charge is 0.233 e. The van der Waals surface area contributed by atoms with Gasteiger partial charge in [-0.2, -0.15) is 0 Å². The van der Waals surface area contributed by atoms with Crippen molar-refractivity contribution in [1.82, 2.24) is 10.3 Å². The Morgan fingerprint density at radius 1 is 1.33 bits per heavy atom. The van der Waals surface area contributed by atoms with E-state index in [2.05, 4.69) is 45.1 Å². The van der Waals surface area contributed by atoms with E-state index in [-0.39, 0.29) is 5.91 Å². The molecule has 90 valence electrons. The van der Waals surface area contributed by atoms with Crippen molar-refractivity contribution in [2.75, 3.05) is 7.05 Å². The van der Waals surface area contributed by atoms with Gasteiger partial charge in [-0.1, -0.05) is 13.8 Å². The van der Waals surface area contributed by atoms with Crippen molar-refractivity contribution in [1.29, 1.82) is 0 Å². The molecule has 0 aliphatic rings. The average Bonchev–Trinajstić information content (AvgIpc) is 2.22. The molecule has 1 amide bonds. The molecule has 0 rings (SSSR count). The molecule has 0 radical (unpaired) electrons. The SMILES string of the molecule is CC(C)C(C)N(C)C(C)CCC(=O)NN. The highest BCUT2D eigenvalue weighted by atomic mass is 16.2. The van der Waals surface area contributed by atoms with Crippen LogP contribution in [0.2, 0.25) is 0 Å². The normalized spacial score (nSPS) is 15.5. The van der Waals surface area contributed by atoms with Crippen LogP contribution in [-0.4, -0.2) is 29.9 Å². The standard InChI is InChI=1S/C11H25N3O/c1-8(2)10(4)14(5)9(3)6-7-11(15)13-12/h8-10H,6-7,12H2,1-5H3,(H,13,15). The molecular formula is C11H25N3O. The molecule has 0 spiro atoms. The quantitative estimate of drug-likeness (QED) is 0.396. The van der Waals surface area contributed by atoms with Gasteiger partial charge in [0.15, 0.2) is 0 Å². The first-order chi connectivity index (χ1) is 6.90. The molecule has 0 heterocycles. The number of nitrogens with zero attached hydrogens (tertiary/aromatic N) is 1. The fraction of sp³-hybridized carbons (Fsp3) is 0.909. The predicted octanol–water partition coefficient (Wildman–Crippen LogP) is 1.12. The molecule has 4 heteroatoms. The second kappa shape index (κ2) is 6.80. The van der Waals surface area contributed by atoms with E-state index in [0.29, 0.717) is 24.4 Å². The molecule has 0 aliphatic carbocycles. The number of rotatable bonds is 6. The topological polar surface area (TPSA) is 58.4 Å². The van der Waals surface area contributed by atoms with E-state index < -0.39 is 0 Å². The molecule has 2 unspecified atom stereocenters. The van der Waals surface area contributed by atoms with E-state index >= 15 is 0 Å². The molecular weight excluding hydrogens is 190 g/mol. The van der Waals surface area contributed by atoms with Crippen LogP contribution in [0.1, 0.15) is 40.5 Å². The van der Waals surface area contributed by atoms with E-state index in [9.17, 15) is 4.79 Å². The van der Waals surface area contributed by atoms with Gasteiger partial charge in [0.05, 0.1) is 0 Å². The molecule has 0 aromatic rings. The molecule has 0 saturated carbocycles. The number of nitrogens with one attached hydrogen (secondary N) is 1. The van der Waals surface area contributed by atoms with Gasteiger partial charge in [0.25, 0.3) is 0 Å². The number of amides is 1. The van der Waals surface area contributed by atoms with Crippen LogP contribution in [0.25, 0.3) is 0 Å². The van der Waals surface area contributed by atoms with Crippen LogP contribution in [-0.2, 0) is 4.79 Å². The summed E-state index contributed by atoms with van der Waals surface area (Å²) in [5, 5.41) is 0. The lowest BCUT2D eigenvalue weighted by Crippen LogP contribution is -2.40. The lowest BCUT2D eigenvalue weighted by molar-refractivity contribution is -0.121. The Kier molecular flexibility index (Phi) is 6.52. The van der Waals surface area contributed by atoms with Crippen LogP contribution in [0.15, 0.2) is 0 Å². The van der Waals surface area contributed by atoms with Crippen LogP contribution >= 0.6 is 0 Å². The maximum atomic E-state index is 11.0. The summed E-state index contributed by atoms with van der Waals surface area (Å²) in [7, 11) is 2.11. The Labute approximate surface area is 93.2 Å². The first kappa shape index (κ1) is 14.4. The molecule has 3 N–H and O–H groups in total. The third-order valence-electron chi connectivity index (χ3n) is 3.25. The Hall–Kier alpha value is -0.610. The Balaban J connectivity index is 3.98. The van der Waals surface area contributed by atoms with Crippen molar-refractivity contribution in [2.45, 2.75) is 52.6 Å². The monoisotopic (exact) mass is 215 g/mol. The molecule has 0 fully saturated rings. The second-order valence-electron chi connectivity index (χ2n) is 4.61. The maximum absolute atomic E-state index is 11.0. The van der Waals surface area contributed by atoms with Crippen molar-refractivity contribution in [3.05, 3.63) is 0 Å². The second-order valence-corrected chi connectivity index (χ2v) is 4.61. The highest BCUT2D eigenvalue weighted by Crippen LogP contribution is 2.14. The first-order valence-electron chi connectivity index (χ1n) is 5.61. The van der Waals surface area contributed by atoms with Crippen molar-refractivity contribution in [3.63, 3.8) is 0 Å². The van der Waals surface area contributed by atoms with Gasteiger partial charge < -0.3 is 4.90 Å². The van der Waals surface area contributed by atoms with Crippen molar-refractivity contribution in [3.8, 4) is 0 Å². The minimum absolute atomic E-state index is 0.0903. The van der Waals surface area contributed by atoms with Gasteiger partial charge in [-0.15, -0.1) is 0 Å². The summed E-state index contributed by atoms with van der Waals surface area (Å²) in [5.74, 6) is 5.56. The molecule has 0 bridgehead atoms. The number of carbonyl (C=O) groups is 1. The average molecular weight is 215 g/mol. The van der Waals surface area contributed by atoms with E-state index in [1.807, 2.05) is 0 Å². The lowest BCUT2D eigenvalue weighted by atomic mass is 10.0. The molecule has 0 aromatic carbocycles. The zero-order valence-corrected chi connectivity index (χ0v) is 10.6. The number of hydrogen-bond donors (Lipinski definition) is 2. The predicted molar refractivity (Wildman–Crippen MR) is 63.1 cm³/mol. The van der Waals surface area contributed by atoms with Crippen molar-refractivity contribution < 1.29 is 4.79 Å². The van der Waals surface area contributed by atoms with Crippen molar-refractivity contribution >= 4 is 5.91 Å². The number of hydrazine groups is 1. The van der Waals surface area contributed by atoms with Crippen LogP contribution in [0.4, 0.5) is 0 Å². The Morgan fingerprint density at radius 2 is 1.87 bits per heavy atom. The summed E-state index contributed by atoms with van der Waals surface area (Å²) < 4.78 is 0. The summed E-state index contributed by atoms with van der Waals surface area (Å²) in [4.78, 5) is 13.3. The van der Waals surface area contributed by atoms with Crippen LogP contribution in [0.3, 0.4) is 0 Å². The molecule has 0 aliphatic heterocycles. The number of nitrogens with two attached hydrogens (primary N) is 1. The Bertz CT molecular complexity index is 194. The fourth-order valence-electron chi connectivity index (χ4n) is 1.49. The van der Waals surface area contributed by atoms with Gasteiger partial charge in [-0.25, -0.2) is 5.84 Å². The summed E-state index contributed by atoms with van der Waals surface area (Å²) in [6.45, 7) is 8.77. The number of carbonyl (C=O) groups excluding carboxylic acids is 1. The highest BCUT2D eigenvalue weighted by Gasteiger charge is 2.18. The van der Waals surface area contributed by atoms with Crippen molar-refractivity contribution in [2.24, 2.45) is 11.8 Å². The molecule has 0 aromatic heterocycles. The zero-order valence-electron chi connectivity index (χ0n) is 10.6. The summed E-state index contributed by atoms with van der Waals surface area (Å²) in [6, 6.07) is 0.931. The van der Waals surface area contributed by atoms with Gasteiger partial charge in [0.1, 0.15) is 0 Å². The fourth-order valence-corrected chi connectivity index (χ4v) is 1.49. The van der Waals surface area contributed by atoms with E-state index in [1.165, 1.54) is 0 Å². The molecule has 15 heavy (non-hydrogen) atoms. The van der Waals surface area contributed by atoms with E-state index in [4.69, 9.17) is 5.84 Å². The molecule has 0 saturated heterocycles. The van der Waals surface area contributed by atoms with E-state index in [1.54, 1.807) is 0 Å². The van der Waals surface area contributed by atoms with Crippen LogP contribution in [0.5, 0.6) is 0 Å². The van der Waals surface area contributed by atoms with Gasteiger partial charge in [0, 0.05) is 18.5 Å². The highest BCUT2D eigenvalue weighted by molar-refractivity contribution is 5.75. The largest absolute Gasteiger partial charge is 0.301 e. The Morgan fingerprint density at radius 3 is 2.27 bits per heavy atom. The van der Waals surface area contributed by atoms with E-state index in [0.717, 1.165) is 6.42 Å². The van der Waals surface area contributed by atoms with Crippen LogP contribution < -0.4 is 11.3 Å². The summed E-state index contributed by atoms with van der Waals surface area (Å²) in [6.07, 6.45) is 1.34. The maximum Gasteiger partial charge on any atom is 0.233 e. The molecule has 4 nitrogen and oxygen atoms in total. The molecule has 2 atom stereocenters. The lowest BCUT2D eigenvalue weighted by Gasteiger charge is -2.33. The first-order valence-corrected chi connectivity index (χ1v) is 5.61. The van der Waals surface area contributed by atoms with Gasteiger partial charge in [0.2, 0.25) is 5.91 Å². The minimum atomic E-state index is -0.0903. The third kappa shape index (κ3) is 5.14. The summed E-state index contributed by atoms with van der Waals surface area (Å²) >= 11 is 0. The van der Waals surface area contributed by atoms with Gasteiger partial charge >= 0.3 is 0 Å².